The van der Waals surface area contributed by atoms with Crippen molar-refractivity contribution >= 4 is 39.1 Å². The third-order valence-electron chi connectivity index (χ3n) is 2.30. The number of rotatable bonds is 6. The Morgan fingerprint density at radius 2 is 1.94 bits per heavy atom. The fraction of sp³-hybridized carbons (Fsp3) is 0.500. The van der Waals surface area contributed by atoms with Gasteiger partial charge in [-0.05, 0) is 18.6 Å². The maximum atomic E-state index is 6.01. The number of hydrogen-bond donors (Lipinski definition) is 0. The molecule has 4 heteroatoms. The molecule has 90 valence electrons. The number of ether oxygens (including phenoxy) is 1. The minimum atomic E-state index is 0.498. The third kappa shape index (κ3) is 4.15. The molecule has 0 aliphatic heterocycles. The number of halogens is 3. The van der Waals surface area contributed by atoms with E-state index >= 15 is 0 Å². The number of para-hydroxylation sites is 1. The van der Waals surface area contributed by atoms with E-state index in [-0.39, 0.29) is 0 Å². The summed E-state index contributed by atoms with van der Waals surface area (Å²) in [7, 11) is 0. The molecular weight excluding hydrogens is 311 g/mol. The Balaban J connectivity index is 2.59. The maximum absolute atomic E-state index is 6.01. The van der Waals surface area contributed by atoms with E-state index < -0.39 is 0 Å². The molecule has 0 saturated carbocycles. The Kier molecular flexibility index (Phi) is 6.55. The van der Waals surface area contributed by atoms with Gasteiger partial charge in [-0.3, -0.25) is 0 Å². The Bertz CT molecular complexity index is 311. The molecule has 0 aliphatic rings. The lowest BCUT2D eigenvalue weighted by Crippen LogP contribution is -2.13. The van der Waals surface area contributed by atoms with Crippen LogP contribution in [0.2, 0.25) is 10.0 Å². The van der Waals surface area contributed by atoms with Crippen molar-refractivity contribution in [2.45, 2.75) is 19.8 Å². The van der Waals surface area contributed by atoms with Crippen LogP contribution >= 0.6 is 39.1 Å². The molecule has 1 rings (SSSR count). The minimum Gasteiger partial charge on any atom is -0.490 e. The summed E-state index contributed by atoms with van der Waals surface area (Å²) < 4.78 is 5.68. The van der Waals surface area contributed by atoms with Crippen molar-refractivity contribution in [1.29, 1.82) is 0 Å². The zero-order chi connectivity index (χ0) is 12.0. The van der Waals surface area contributed by atoms with Gasteiger partial charge in [-0.2, -0.15) is 0 Å². The van der Waals surface area contributed by atoms with Crippen molar-refractivity contribution in [2.75, 3.05) is 11.9 Å². The van der Waals surface area contributed by atoms with Gasteiger partial charge in [0.05, 0.1) is 16.7 Å². The average Bonchev–Trinajstić information content (AvgIpc) is 2.27. The average molecular weight is 326 g/mol. The summed E-state index contributed by atoms with van der Waals surface area (Å²) in [6, 6.07) is 5.38. The highest BCUT2D eigenvalue weighted by Gasteiger charge is 2.11. The number of benzene rings is 1. The molecule has 0 saturated heterocycles. The lowest BCUT2D eigenvalue weighted by Gasteiger charge is -2.15. The molecule has 1 aromatic carbocycles. The van der Waals surface area contributed by atoms with Crippen LogP contribution in [0.3, 0.4) is 0 Å². The summed E-state index contributed by atoms with van der Waals surface area (Å²) in [5, 5.41) is 2.07. The predicted octanol–water partition coefficient (Wildman–Crippen LogP) is 5.18. The van der Waals surface area contributed by atoms with Gasteiger partial charge in [0.2, 0.25) is 0 Å². The van der Waals surface area contributed by atoms with Gasteiger partial charge in [0, 0.05) is 11.2 Å². The predicted molar refractivity (Wildman–Crippen MR) is 74.1 cm³/mol. The molecule has 0 N–H and O–H groups in total. The number of alkyl halides is 1. The van der Waals surface area contributed by atoms with Crippen LogP contribution in [0.15, 0.2) is 18.2 Å². The van der Waals surface area contributed by atoms with Crippen LogP contribution in [-0.2, 0) is 0 Å². The van der Waals surface area contributed by atoms with E-state index in [1.165, 1.54) is 0 Å². The zero-order valence-electron chi connectivity index (χ0n) is 9.18. The topological polar surface area (TPSA) is 9.23 Å². The van der Waals surface area contributed by atoms with Crippen molar-refractivity contribution < 1.29 is 4.74 Å². The van der Waals surface area contributed by atoms with E-state index in [4.69, 9.17) is 27.9 Å². The second-order valence-electron chi connectivity index (χ2n) is 3.67. The summed E-state index contributed by atoms with van der Waals surface area (Å²) in [5.74, 6) is 1.09. The molecule has 1 unspecified atom stereocenters. The molecule has 1 atom stereocenters. The summed E-state index contributed by atoms with van der Waals surface area (Å²) in [4.78, 5) is 0. The van der Waals surface area contributed by atoms with Gasteiger partial charge in [0.15, 0.2) is 5.75 Å². The summed E-state index contributed by atoms with van der Waals surface area (Å²) in [5.41, 5.74) is 0. The van der Waals surface area contributed by atoms with E-state index in [0.717, 1.165) is 18.2 Å². The Labute approximate surface area is 115 Å². The summed E-state index contributed by atoms with van der Waals surface area (Å²) in [6.45, 7) is 2.81. The molecule has 0 aromatic heterocycles. The second kappa shape index (κ2) is 7.41. The zero-order valence-corrected chi connectivity index (χ0v) is 12.3. The van der Waals surface area contributed by atoms with Crippen LogP contribution in [-0.4, -0.2) is 11.9 Å². The number of hydrogen-bond acceptors (Lipinski definition) is 1. The van der Waals surface area contributed by atoms with Crippen molar-refractivity contribution in [1.82, 2.24) is 0 Å². The van der Waals surface area contributed by atoms with E-state index in [9.17, 15) is 0 Å². The third-order valence-corrected chi connectivity index (χ3v) is 3.81. The molecule has 16 heavy (non-hydrogen) atoms. The SMILES string of the molecule is CCCC(CBr)COc1c(Cl)cccc1Cl. The molecule has 0 spiro atoms. The molecule has 0 amide bonds. The first kappa shape index (κ1) is 14.1. The minimum absolute atomic E-state index is 0.498. The Morgan fingerprint density at radius 3 is 2.44 bits per heavy atom. The van der Waals surface area contributed by atoms with Crippen molar-refractivity contribution in [3.8, 4) is 5.75 Å². The summed E-state index contributed by atoms with van der Waals surface area (Å²) >= 11 is 15.5. The van der Waals surface area contributed by atoms with Crippen molar-refractivity contribution in [2.24, 2.45) is 5.92 Å². The summed E-state index contributed by atoms with van der Waals surface area (Å²) in [6.07, 6.45) is 2.28. The quantitative estimate of drug-likeness (QED) is 0.654. The van der Waals surface area contributed by atoms with Crippen LogP contribution in [0.5, 0.6) is 5.75 Å². The molecular formula is C12H15BrCl2O. The smallest absolute Gasteiger partial charge is 0.156 e. The molecule has 0 aliphatic carbocycles. The van der Waals surface area contributed by atoms with Crippen LogP contribution in [0, 0.1) is 5.92 Å². The molecule has 0 bridgehead atoms. The van der Waals surface area contributed by atoms with Crippen LogP contribution in [0.1, 0.15) is 19.8 Å². The van der Waals surface area contributed by atoms with Gasteiger partial charge in [-0.25, -0.2) is 0 Å². The fourth-order valence-corrected chi connectivity index (χ4v) is 2.45. The highest BCUT2D eigenvalue weighted by atomic mass is 79.9. The Hall–Kier alpha value is 0.0800. The highest BCUT2D eigenvalue weighted by molar-refractivity contribution is 9.09. The Morgan fingerprint density at radius 1 is 1.31 bits per heavy atom. The first-order valence-electron chi connectivity index (χ1n) is 5.31. The lowest BCUT2D eigenvalue weighted by molar-refractivity contribution is 0.255. The van der Waals surface area contributed by atoms with E-state index in [0.29, 0.717) is 28.3 Å². The largest absolute Gasteiger partial charge is 0.490 e. The van der Waals surface area contributed by atoms with E-state index in [2.05, 4.69) is 22.9 Å². The molecule has 1 aromatic rings. The first-order valence-corrected chi connectivity index (χ1v) is 7.19. The van der Waals surface area contributed by atoms with Crippen LogP contribution in [0.25, 0.3) is 0 Å². The normalized spacial score (nSPS) is 12.5. The molecule has 1 nitrogen and oxygen atoms in total. The molecule has 0 fully saturated rings. The van der Waals surface area contributed by atoms with Gasteiger partial charge in [-0.1, -0.05) is 58.5 Å². The van der Waals surface area contributed by atoms with Gasteiger partial charge >= 0.3 is 0 Å². The molecule has 0 heterocycles. The van der Waals surface area contributed by atoms with Crippen LogP contribution in [0.4, 0.5) is 0 Å². The van der Waals surface area contributed by atoms with E-state index in [1.807, 2.05) is 6.07 Å². The van der Waals surface area contributed by atoms with Gasteiger partial charge < -0.3 is 4.74 Å². The first-order chi connectivity index (χ1) is 7.69. The van der Waals surface area contributed by atoms with Crippen molar-refractivity contribution in [3.63, 3.8) is 0 Å². The van der Waals surface area contributed by atoms with Crippen molar-refractivity contribution in [3.05, 3.63) is 28.2 Å². The van der Waals surface area contributed by atoms with Gasteiger partial charge in [0.1, 0.15) is 0 Å². The molecule has 0 radical (unpaired) electrons. The highest BCUT2D eigenvalue weighted by Crippen LogP contribution is 2.32. The van der Waals surface area contributed by atoms with E-state index in [1.54, 1.807) is 12.1 Å². The van der Waals surface area contributed by atoms with Crippen LogP contribution < -0.4 is 4.74 Å². The van der Waals surface area contributed by atoms with Gasteiger partial charge in [0.25, 0.3) is 0 Å². The fourth-order valence-electron chi connectivity index (χ4n) is 1.43. The van der Waals surface area contributed by atoms with Gasteiger partial charge in [-0.15, -0.1) is 0 Å². The maximum Gasteiger partial charge on any atom is 0.156 e. The monoisotopic (exact) mass is 324 g/mol. The second-order valence-corrected chi connectivity index (χ2v) is 5.13. The lowest BCUT2D eigenvalue weighted by atomic mass is 10.1. The standard InChI is InChI=1S/C12H15BrCl2O/c1-2-4-9(7-13)8-16-12-10(14)5-3-6-11(12)15/h3,5-6,9H,2,4,7-8H2,1H3.